The Hall–Kier alpha value is -2.97. The van der Waals surface area contributed by atoms with Crippen molar-refractivity contribution in [1.82, 2.24) is 5.32 Å². The summed E-state index contributed by atoms with van der Waals surface area (Å²) in [4.78, 5) is 12.0. The number of carbonyl (C=O) groups excluding carboxylic acids is 1. The van der Waals surface area contributed by atoms with Crippen molar-refractivity contribution in [3.63, 3.8) is 0 Å². The highest BCUT2D eigenvalue weighted by Crippen LogP contribution is 2.07. The lowest BCUT2D eigenvalue weighted by atomic mass is 10.1. The van der Waals surface area contributed by atoms with Gasteiger partial charge in [0.2, 0.25) is 5.91 Å². The van der Waals surface area contributed by atoms with Gasteiger partial charge in [0.15, 0.2) is 0 Å². The van der Waals surface area contributed by atoms with Crippen molar-refractivity contribution >= 4 is 5.91 Å². The lowest BCUT2D eigenvalue weighted by Crippen LogP contribution is -2.22. The number of hydrogen-bond donors (Lipinski definition) is 1. The van der Waals surface area contributed by atoms with Crippen LogP contribution in [-0.2, 0) is 17.8 Å². The molecule has 0 aliphatic carbocycles. The van der Waals surface area contributed by atoms with E-state index in [0.29, 0.717) is 13.0 Å². The molecule has 0 atom stereocenters. The van der Waals surface area contributed by atoms with E-state index in [1.165, 1.54) is 0 Å². The van der Waals surface area contributed by atoms with Crippen molar-refractivity contribution in [2.45, 2.75) is 33.2 Å². The van der Waals surface area contributed by atoms with Crippen LogP contribution < -0.4 is 5.32 Å². The minimum absolute atomic E-state index is 0.0600. The fraction of sp³-hybridized carbons (Fsp3) is 0.227. The molecule has 0 aliphatic rings. The van der Waals surface area contributed by atoms with E-state index in [4.69, 9.17) is 0 Å². The number of carbonyl (C=O) groups is 1. The summed E-state index contributed by atoms with van der Waals surface area (Å²) in [5.74, 6) is 11.8. The first-order chi connectivity index (χ1) is 11.7. The molecule has 0 fully saturated rings. The van der Waals surface area contributed by atoms with Gasteiger partial charge in [0.05, 0.1) is 0 Å². The highest BCUT2D eigenvalue weighted by molar-refractivity contribution is 5.76. The second kappa shape index (κ2) is 9.23. The Labute approximate surface area is 144 Å². The SMILES string of the molecule is CC#Cc1ccc(CCC(=O)NCc2ccc(C#CC)cc2)cc1. The summed E-state index contributed by atoms with van der Waals surface area (Å²) >= 11 is 0. The largest absolute Gasteiger partial charge is 0.352 e. The first kappa shape index (κ1) is 17.4. The van der Waals surface area contributed by atoms with Gasteiger partial charge in [0.1, 0.15) is 0 Å². The van der Waals surface area contributed by atoms with Crippen LogP contribution in [0.3, 0.4) is 0 Å². The van der Waals surface area contributed by atoms with Gasteiger partial charge in [-0.3, -0.25) is 4.79 Å². The van der Waals surface area contributed by atoms with Crippen molar-refractivity contribution in [2.75, 3.05) is 0 Å². The van der Waals surface area contributed by atoms with E-state index in [1.54, 1.807) is 0 Å². The summed E-state index contributed by atoms with van der Waals surface area (Å²) in [6.07, 6.45) is 1.22. The van der Waals surface area contributed by atoms with Crippen LogP contribution in [0.15, 0.2) is 48.5 Å². The van der Waals surface area contributed by atoms with Crippen LogP contribution in [0.5, 0.6) is 0 Å². The zero-order valence-electron chi connectivity index (χ0n) is 14.1. The molecule has 1 amide bonds. The van der Waals surface area contributed by atoms with Crippen LogP contribution in [0.25, 0.3) is 0 Å². The van der Waals surface area contributed by atoms with E-state index in [9.17, 15) is 4.79 Å². The van der Waals surface area contributed by atoms with Gasteiger partial charge in [-0.1, -0.05) is 36.1 Å². The van der Waals surface area contributed by atoms with E-state index >= 15 is 0 Å². The Kier molecular flexibility index (Phi) is 6.69. The number of rotatable bonds is 5. The zero-order valence-corrected chi connectivity index (χ0v) is 14.1. The van der Waals surface area contributed by atoms with Crippen LogP contribution in [0.1, 0.15) is 42.5 Å². The fourth-order valence-electron chi connectivity index (χ4n) is 2.30. The number of hydrogen-bond acceptors (Lipinski definition) is 1. The van der Waals surface area contributed by atoms with Gasteiger partial charge >= 0.3 is 0 Å². The number of aryl methyl sites for hydroxylation is 1. The van der Waals surface area contributed by atoms with E-state index in [1.807, 2.05) is 62.4 Å². The van der Waals surface area contributed by atoms with Gasteiger partial charge in [-0.15, -0.1) is 11.8 Å². The normalized spacial score (nSPS) is 9.25. The predicted molar refractivity (Wildman–Crippen MR) is 98.2 cm³/mol. The summed E-state index contributed by atoms with van der Waals surface area (Å²) in [5, 5.41) is 2.96. The molecule has 0 saturated carbocycles. The molecule has 2 aromatic rings. The van der Waals surface area contributed by atoms with Crippen LogP contribution in [0, 0.1) is 23.7 Å². The number of amides is 1. The molecule has 0 spiro atoms. The van der Waals surface area contributed by atoms with Gasteiger partial charge in [0, 0.05) is 24.1 Å². The molecule has 0 unspecified atom stereocenters. The van der Waals surface area contributed by atoms with Crippen LogP contribution in [0.2, 0.25) is 0 Å². The minimum Gasteiger partial charge on any atom is -0.352 e. The van der Waals surface area contributed by atoms with Crippen molar-refractivity contribution in [3.8, 4) is 23.7 Å². The summed E-state index contributed by atoms with van der Waals surface area (Å²) in [6, 6.07) is 16.0. The second-order valence-electron chi connectivity index (χ2n) is 5.42. The average Bonchev–Trinajstić information content (AvgIpc) is 2.61. The molecule has 0 heterocycles. The summed E-state index contributed by atoms with van der Waals surface area (Å²) < 4.78 is 0. The summed E-state index contributed by atoms with van der Waals surface area (Å²) in [6.45, 7) is 4.19. The van der Waals surface area contributed by atoms with Crippen molar-refractivity contribution in [1.29, 1.82) is 0 Å². The van der Waals surface area contributed by atoms with Gasteiger partial charge in [-0.05, 0) is 55.7 Å². The average molecular weight is 315 g/mol. The Morgan fingerprint density at radius 2 is 1.33 bits per heavy atom. The molecule has 24 heavy (non-hydrogen) atoms. The van der Waals surface area contributed by atoms with E-state index in [0.717, 1.165) is 28.7 Å². The Balaban J connectivity index is 1.78. The van der Waals surface area contributed by atoms with Crippen LogP contribution in [0.4, 0.5) is 0 Å². The quantitative estimate of drug-likeness (QED) is 0.838. The van der Waals surface area contributed by atoms with Crippen LogP contribution >= 0.6 is 0 Å². The van der Waals surface area contributed by atoms with E-state index in [-0.39, 0.29) is 5.91 Å². The molecule has 0 bridgehead atoms. The monoisotopic (exact) mass is 315 g/mol. The molecule has 0 aliphatic heterocycles. The molecule has 1 N–H and O–H groups in total. The fourth-order valence-corrected chi connectivity index (χ4v) is 2.30. The van der Waals surface area contributed by atoms with E-state index < -0.39 is 0 Å². The molecule has 0 saturated heterocycles. The molecule has 120 valence electrons. The zero-order chi connectivity index (χ0) is 17.2. The standard InChI is InChI=1S/C22H21NO/c1-3-5-18-7-9-20(10-8-18)15-16-22(24)23-17-21-13-11-19(6-4-2)12-14-21/h7-14H,15-17H2,1-2H3,(H,23,24). The minimum atomic E-state index is 0.0600. The molecule has 2 nitrogen and oxygen atoms in total. The smallest absolute Gasteiger partial charge is 0.220 e. The van der Waals surface area contributed by atoms with Crippen LogP contribution in [-0.4, -0.2) is 5.91 Å². The molecule has 0 aromatic heterocycles. The number of nitrogens with one attached hydrogen (secondary N) is 1. The number of benzene rings is 2. The third-order valence-corrected chi connectivity index (χ3v) is 3.58. The maximum Gasteiger partial charge on any atom is 0.220 e. The maximum absolute atomic E-state index is 12.0. The first-order valence-corrected chi connectivity index (χ1v) is 8.01. The molecule has 2 heteroatoms. The summed E-state index contributed by atoms with van der Waals surface area (Å²) in [7, 11) is 0. The first-order valence-electron chi connectivity index (χ1n) is 8.01. The van der Waals surface area contributed by atoms with Crippen molar-refractivity contribution in [2.24, 2.45) is 0 Å². The molecular formula is C22H21NO. The van der Waals surface area contributed by atoms with E-state index in [2.05, 4.69) is 29.0 Å². The van der Waals surface area contributed by atoms with Gasteiger partial charge in [-0.2, -0.15) is 0 Å². The Bertz CT molecular complexity index is 724. The lowest BCUT2D eigenvalue weighted by Gasteiger charge is -2.06. The lowest BCUT2D eigenvalue weighted by molar-refractivity contribution is -0.121. The third-order valence-electron chi connectivity index (χ3n) is 3.58. The third kappa shape index (κ3) is 5.67. The Morgan fingerprint density at radius 3 is 1.83 bits per heavy atom. The topological polar surface area (TPSA) is 29.1 Å². The van der Waals surface area contributed by atoms with Crippen molar-refractivity contribution < 1.29 is 4.79 Å². The highest BCUT2D eigenvalue weighted by atomic mass is 16.1. The van der Waals surface area contributed by atoms with Gasteiger partial charge in [-0.25, -0.2) is 0 Å². The molecule has 0 radical (unpaired) electrons. The van der Waals surface area contributed by atoms with Gasteiger partial charge in [0.25, 0.3) is 0 Å². The maximum atomic E-state index is 12.0. The highest BCUT2D eigenvalue weighted by Gasteiger charge is 2.03. The molecular weight excluding hydrogens is 294 g/mol. The molecule has 2 rings (SSSR count). The second-order valence-corrected chi connectivity index (χ2v) is 5.42. The predicted octanol–water partition coefficient (Wildman–Crippen LogP) is 3.68. The van der Waals surface area contributed by atoms with Gasteiger partial charge < -0.3 is 5.32 Å². The van der Waals surface area contributed by atoms with Crippen molar-refractivity contribution in [3.05, 3.63) is 70.8 Å². The summed E-state index contributed by atoms with van der Waals surface area (Å²) in [5.41, 5.74) is 4.22. The Morgan fingerprint density at radius 1 is 0.833 bits per heavy atom. The molecule has 2 aromatic carbocycles.